The number of carbonyl (C=O) groups excluding carboxylic acids is 2. The van der Waals surface area contributed by atoms with E-state index < -0.39 is 12.0 Å². The molecule has 0 unspecified atom stereocenters. The van der Waals surface area contributed by atoms with Gasteiger partial charge in [-0.2, -0.15) is 0 Å². The number of halogens is 1. The molecule has 2 amide bonds. The van der Waals surface area contributed by atoms with Crippen molar-refractivity contribution in [2.45, 2.75) is 26.7 Å². The second-order valence-corrected chi connectivity index (χ2v) is 6.46. The van der Waals surface area contributed by atoms with Crippen molar-refractivity contribution in [2.75, 3.05) is 30.0 Å². The minimum Gasteiger partial charge on any atom is -0.494 e. The Morgan fingerprint density at radius 1 is 1.11 bits per heavy atom. The molecule has 0 radical (unpaired) electrons. The number of amides is 2. The van der Waals surface area contributed by atoms with Gasteiger partial charge in [-0.05, 0) is 55.8 Å². The van der Waals surface area contributed by atoms with Crippen LogP contribution in [0.1, 0.15) is 26.7 Å². The number of esters is 1. The van der Waals surface area contributed by atoms with Gasteiger partial charge in [0.2, 0.25) is 0 Å². The molecule has 0 heterocycles. The molecule has 2 aromatic rings. The normalized spacial score (nSPS) is 10.2. The van der Waals surface area contributed by atoms with E-state index >= 15 is 0 Å². The first-order valence-corrected chi connectivity index (χ1v) is 9.63. The van der Waals surface area contributed by atoms with Crippen LogP contribution >= 0.6 is 11.6 Å². The Labute approximate surface area is 170 Å². The average molecular weight is 405 g/mol. The lowest BCUT2D eigenvalue weighted by Crippen LogP contribution is -2.39. The van der Waals surface area contributed by atoms with Crippen LogP contribution in [0, 0.1) is 0 Å². The molecule has 1 N–H and O–H groups in total. The summed E-state index contributed by atoms with van der Waals surface area (Å²) in [6, 6.07) is 13.3. The van der Waals surface area contributed by atoms with Gasteiger partial charge in [0.25, 0.3) is 0 Å². The van der Waals surface area contributed by atoms with E-state index in [1.165, 1.54) is 4.90 Å². The zero-order valence-electron chi connectivity index (χ0n) is 16.1. The quantitative estimate of drug-likeness (QED) is 0.465. The molecule has 0 aliphatic carbocycles. The second kappa shape index (κ2) is 11.2. The molecule has 7 heteroatoms. The second-order valence-electron chi connectivity index (χ2n) is 6.03. The van der Waals surface area contributed by atoms with Gasteiger partial charge in [-0.15, -0.1) is 0 Å². The summed E-state index contributed by atoms with van der Waals surface area (Å²) >= 11 is 5.97. The van der Waals surface area contributed by atoms with E-state index in [9.17, 15) is 9.59 Å². The van der Waals surface area contributed by atoms with Crippen molar-refractivity contribution >= 4 is 35.0 Å². The van der Waals surface area contributed by atoms with Crippen molar-refractivity contribution in [1.82, 2.24) is 0 Å². The molecule has 0 saturated carbocycles. The van der Waals surface area contributed by atoms with Crippen molar-refractivity contribution in [3.63, 3.8) is 0 Å². The van der Waals surface area contributed by atoms with E-state index in [4.69, 9.17) is 21.1 Å². The molecule has 0 spiro atoms. The molecule has 0 fully saturated rings. The van der Waals surface area contributed by atoms with Crippen LogP contribution in [0.4, 0.5) is 16.2 Å². The third-order valence-corrected chi connectivity index (χ3v) is 4.06. The lowest BCUT2D eigenvalue weighted by molar-refractivity contribution is -0.141. The third-order valence-electron chi connectivity index (χ3n) is 3.83. The number of nitrogens with zero attached hydrogens (tertiary/aromatic N) is 1. The van der Waals surface area contributed by atoms with E-state index in [-0.39, 0.29) is 13.2 Å². The summed E-state index contributed by atoms with van der Waals surface area (Å²) in [6.07, 6.45) is 2.02. The smallest absolute Gasteiger partial charge is 0.326 e. The van der Waals surface area contributed by atoms with Gasteiger partial charge in [-0.1, -0.05) is 31.0 Å². The molecule has 0 aliphatic rings. The fourth-order valence-electron chi connectivity index (χ4n) is 2.43. The van der Waals surface area contributed by atoms with Crippen LogP contribution in [0.3, 0.4) is 0 Å². The highest BCUT2D eigenvalue weighted by atomic mass is 35.5. The van der Waals surface area contributed by atoms with Gasteiger partial charge in [0, 0.05) is 16.4 Å². The predicted octanol–water partition coefficient (Wildman–Crippen LogP) is 5.12. The van der Waals surface area contributed by atoms with E-state index in [2.05, 4.69) is 12.2 Å². The van der Waals surface area contributed by atoms with Crippen molar-refractivity contribution in [1.29, 1.82) is 0 Å². The highest BCUT2D eigenvalue weighted by Crippen LogP contribution is 2.22. The van der Waals surface area contributed by atoms with Crippen molar-refractivity contribution < 1.29 is 19.1 Å². The Morgan fingerprint density at radius 2 is 1.86 bits per heavy atom. The summed E-state index contributed by atoms with van der Waals surface area (Å²) in [6.45, 7) is 4.48. The fraction of sp³-hybridized carbons (Fsp3) is 0.333. The lowest BCUT2D eigenvalue weighted by Gasteiger charge is -2.22. The van der Waals surface area contributed by atoms with Gasteiger partial charge >= 0.3 is 12.0 Å². The summed E-state index contributed by atoms with van der Waals surface area (Å²) in [5.41, 5.74) is 1.08. The standard InChI is InChI=1S/C21H25ClN2O4/c1-3-5-13-28-19-11-9-18(10-12-19)24(15-20(25)27-4-2)21(26)23-17-8-6-7-16(22)14-17/h6-12,14H,3-5,13,15H2,1-2H3,(H,23,26). The van der Waals surface area contributed by atoms with Crippen LogP contribution in [-0.4, -0.2) is 31.8 Å². The highest BCUT2D eigenvalue weighted by molar-refractivity contribution is 6.30. The minimum atomic E-state index is -0.494. The number of hydrogen-bond acceptors (Lipinski definition) is 4. The van der Waals surface area contributed by atoms with Crippen LogP contribution in [0.2, 0.25) is 5.02 Å². The molecular weight excluding hydrogens is 380 g/mol. The van der Waals surface area contributed by atoms with E-state index in [1.807, 2.05) is 0 Å². The van der Waals surface area contributed by atoms with E-state index in [0.29, 0.717) is 28.8 Å². The van der Waals surface area contributed by atoms with Gasteiger partial charge < -0.3 is 14.8 Å². The molecule has 0 aliphatic heterocycles. The zero-order chi connectivity index (χ0) is 20.4. The number of urea groups is 1. The van der Waals surface area contributed by atoms with Gasteiger partial charge in [-0.25, -0.2) is 4.79 Å². The van der Waals surface area contributed by atoms with Gasteiger partial charge in [0.15, 0.2) is 0 Å². The number of carbonyl (C=O) groups is 2. The molecule has 0 atom stereocenters. The number of ether oxygens (including phenoxy) is 2. The first-order valence-electron chi connectivity index (χ1n) is 9.26. The Balaban J connectivity index is 2.16. The Kier molecular flexibility index (Phi) is 8.62. The Hall–Kier alpha value is -2.73. The number of unbranched alkanes of at least 4 members (excludes halogenated alkanes) is 1. The first kappa shape index (κ1) is 21.6. The molecule has 0 aromatic heterocycles. The third kappa shape index (κ3) is 6.78. The minimum absolute atomic E-state index is 0.212. The van der Waals surface area contributed by atoms with Crippen LogP contribution in [0.5, 0.6) is 5.75 Å². The largest absolute Gasteiger partial charge is 0.494 e. The van der Waals surface area contributed by atoms with Gasteiger partial charge in [-0.3, -0.25) is 9.69 Å². The zero-order valence-corrected chi connectivity index (χ0v) is 16.9. The van der Waals surface area contributed by atoms with E-state index in [1.54, 1.807) is 55.5 Å². The molecule has 0 saturated heterocycles. The highest BCUT2D eigenvalue weighted by Gasteiger charge is 2.20. The maximum Gasteiger partial charge on any atom is 0.326 e. The van der Waals surface area contributed by atoms with Crippen molar-refractivity contribution in [3.8, 4) is 5.75 Å². The number of rotatable bonds is 9. The number of benzene rings is 2. The number of anilines is 2. The van der Waals surface area contributed by atoms with Crippen LogP contribution < -0.4 is 15.0 Å². The molecule has 150 valence electrons. The summed E-state index contributed by atoms with van der Waals surface area (Å²) in [5, 5.41) is 3.25. The monoisotopic (exact) mass is 404 g/mol. The number of nitrogens with one attached hydrogen (secondary N) is 1. The maximum atomic E-state index is 12.8. The SMILES string of the molecule is CCCCOc1ccc(N(CC(=O)OCC)C(=O)Nc2cccc(Cl)c2)cc1. The van der Waals surface area contributed by atoms with E-state index in [0.717, 1.165) is 12.8 Å². The van der Waals surface area contributed by atoms with Crippen LogP contribution in [0.15, 0.2) is 48.5 Å². The van der Waals surface area contributed by atoms with Crippen LogP contribution in [0.25, 0.3) is 0 Å². The summed E-state index contributed by atoms with van der Waals surface area (Å²) in [4.78, 5) is 26.1. The van der Waals surface area contributed by atoms with Gasteiger partial charge in [0.05, 0.1) is 13.2 Å². The predicted molar refractivity (Wildman–Crippen MR) is 111 cm³/mol. The Morgan fingerprint density at radius 3 is 2.50 bits per heavy atom. The molecule has 0 bridgehead atoms. The van der Waals surface area contributed by atoms with Crippen molar-refractivity contribution in [2.24, 2.45) is 0 Å². The topological polar surface area (TPSA) is 67.9 Å². The first-order chi connectivity index (χ1) is 13.5. The molecular formula is C21H25ClN2O4. The molecule has 6 nitrogen and oxygen atoms in total. The summed E-state index contributed by atoms with van der Waals surface area (Å²) in [5.74, 6) is 0.218. The number of hydrogen-bond donors (Lipinski definition) is 1. The fourth-order valence-corrected chi connectivity index (χ4v) is 2.62. The van der Waals surface area contributed by atoms with Crippen molar-refractivity contribution in [3.05, 3.63) is 53.6 Å². The molecule has 28 heavy (non-hydrogen) atoms. The summed E-state index contributed by atoms with van der Waals surface area (Å²) < 4.78 is 10.6. The maximum absolute atomic E-state index is 12.8. The molecule has 2 aromatic carbocycles. The molecule has 2 rings (SSSR count). The Bertz CT molecular complexity index is 780. The lowest BCUT2D eigenvalue weighted by atomic mass is 10.2. The van der Waals surface area contributed by atoms with Gasteiger partial charge in [0.1, 0.15) is 12.3 Å². The average Bonchev–Trinajstić information content (AvgIpc) is 2.67. The van der Waals surface area contributed by atoms with Crippen LogP contribution in [-0.2, 0) is 9.53 Å². The summed E-state index contributed by atoms with van der Waals surface area (Å²) in [7, 11) is 0.